The Labute approximate surface area is 182 Å². The molecule has 31 heavy (non-hydrogen) atoms. The van der Waals surface area contributed by atoms with Crippen LogP contribution in [-0.4, -0.2) is 77.2 Å². The van der Waals surface area contributed by atoms with E-state index in [0.29, 0.717) is 24.6 Å². The van der Waals surface area contributed by atoms with E-state index in [0.717, 1.165) is 18.5 Å². The molecule has 0 aromatic carbocycles. The largest absolute Gasteiger partial charge is 0.339 e. The highest BCUT2D eigenvalue weighted by atomic mass is 32.2. The second-order valence-electron chi connectivity index (χ2n) is 7.98. The van der Waals surface area contributed by atoms with Crippen molar-refractivity contribution in [3.05, 3.63) is 36.4 Å². The van der Waals surface area contributed by atoms with Gasteiger partial charge in [-0.3, -0.25) is 15.2 Å². The summed E-state index contributed by atoms with van der Waals surface area (Å²) in [5.41, 5.74) is 7.14. The first-order chi connectivity index (χ1) is 14.9. The first kappa shape index (κ1) is 21.8. The maximum Gasteiger partial charge on any atom is 0.246 e. The number of hydrogen-bond acceptors (Lipinski definition) is 8. The summed E-state index contributed by atoms with van der Waals surface area (Å²) < 4.78 is 28.2. The van der Waals surface area contributed by atoms with Gasteiger partial charge in [-0.05, 0) is 24.5 Å². The molecule has 2 aliphatic rings. The molecule has 0 aliphatic carbocycles. The number of carbonyl (C=O) groups is 1. The number of aromatic nitrogens is 3. The number of piperazine rings is 1. The molecule has 1 atom stereocenters. The highest BCUT2D eigenvalue weighted by Crippen LogP contribution is 2.27. The zero-order valence-corrected chi connectivity index (χ0v) is 18.5. The summed E-state index contributed by atoms with van der Waals surface area (Å²) in [5, 5.41) is 0. The monoisotopic (exact) mass is 445 g/mol. The molecule has 0 bridgehead atoms. The summed E-state index contributed by atoms with van der Waals surface area (Å²) in [4.78, 5) is 27.4. The number of sulfonamides is 1. The van der Waals surface area contributed by atoms with Crippen molar-refractivity contribution in [2.75, 3.05) is 32.7 Å². The number of nitrogens with zero attached hydrogens (tertiary/aromatic N) is 5. The minimum atomic E-state index is -3.78. The molecule has 1 unspecified atom stereocenters. The fourth-order valence-electron chi connectivity index (χ4n) is 3.81. The number of hydrogen-bond donors (Lipinski definition) is 2. The molecule has 0 radical (unpaired) electrons. The smallest absolute Gasteiger partial charge is 0.246 e. The average molecular weight is 446 g/mol. The van der Waals surface area contributed by atoms with Crippen LogP contribution in [0, 0.1) is 0 Å². The molecule has 11 heteroatoms. The van der Waals surface area contributed by atoms with E-state index in [1.54, 1.807) is 23.4 Å². The van der Waals surface area contributed by atoms with Crippen LogP contribution in [0.15, 0.2) is 35.6 Å². The van der Waals surface area contributed by atoms with Gasteiger partial charge in [0.15, 0.2) is 5.82 Å². The first-order valence-corrected chi connectivity index (χ1v) is 11.9. The summed E-state index contributed by atoms with van der Waals surface area (Å²) in [6.45, 7) is 5.79. The summed E-state index contributed by atoms with van der Waals surface area (Å²) in [6, 6.07) is 3.38. The number of pyridine rings is 1. The Bertz CT molecular complexity index is 1030. The molecule has 166 valence electrons. The van der Waals surface area contributed by atoms with E-state index >= 15 is 0 Å². The third kappa shape index (κ3) is 4.45. The van der Waals surface area contributed by atoms with Gasteiger partial charge in [0.05, 0.1) is 11.9 Å². The van der Waals surface area contributed by atoms with Crippen LogP contribution in [0.2, 0.25) is 0 Å². The minimum Gasteiger partial charge on any atom is -0.339 e. The van der Waals surface area contributed by atoms with Gasteiger partial charge in [-0.2, -0.15) is 4.31 Å². The number of rotatable bonds is 5. The topological polar surface area (TPSA) is 120 Å². The Hall–Kier alpha value is -2.47. The van der Waals surface area contributed by atoms with E-state index < -0.39 is 10.0 Å². The molecule has 0 spiro atoms. The zero-order valence-electron chi connectivity index (χ0n) is 17.7. The molecule has 2 aliphatic heterocycles. The van der Waals surface area contributed by atoms with E-state index in [1.807, 2.05) is 19.9 Å². The van der Waals surface area contributed by atoms with Crippen LogP contribution < -0.4 is 10.9 Å². The van der Waals surface area contributed by atoms with Crippen molar-refractivity contribution >= 4 is 15.9 Å². The summed E-state index contributed by atoms with van der Waals surface area (Å²) in [6.07, 6.45) is 5.44. The van der Waals surface area contributed by atoms with Gasteiger partial charge in [-0.1, -0.05) is 13.8 Å². The quantitative estimate of drug-likeness (QED) is 0.677. The molecule has 2 saturated heterocycles. The van der Waals surface area contributed by atoms with Crippen LogP contribution >= 0.6 is 0 Å². The molecule has 2 fully saturated rings. The van der Waals surface area contributed by atoms with Crippen LogP contribution in [0.5, 0.6) is 0 Å². The number of nitrogens with one attached hydrogen (secondary N) is 2. The van der Waals surface area contributed by atoms with Crippen LogP contribution in [0.3, 0.4) is 0 Å². The molecular weight excluding hydrogens is 418 g/mol. The van der Waals surface area contributed by atoms with Crippen molar-refractivity contribution in [3.63, 3.8) is 0 Å². The highest BCUT2D eigenvalue weighted by molar-refractivity contribution is 7.89. The van der Waals surface area contributed by atoms with E-state index in [-0.39, 0.29) is 35.9 Å². The third-order valence-electron chi connectivity index (χ3n) is 5.55. The predicted molar refractivity (Wildman–Crippen MR) is 114 cm³/mol. The van der Waals surface area contributed by atoms with Crippen molar-refractivity contribution in [3.8, 4) is 11.4 Å². The molecule has 4 heterocycles. The molecule has 10 nitrogen and oxygen atoms in total. The van der Waals surface area contributed by atoms with Crippen molar-refractivity contribution < 1.29 is 13.2 Å². The summed E-state index contributed by atoms with van der Waals surface area (Å²) in [7, 11) is -3.78. The molecule has 2 N–H and O–H groups in total. The lowest BCUT2D eigenvalue weighted by Crippen LogP contribution is -2.54. The average Bonchev–Trinajstić information content (AvgIpc) is 3.34. The lowest BCUT2D eigenvalue weighted by molar-refractivity contribution is -0.134. The van der Waals surface area contributed by atoms with E-state index in [1.165, 1.54) is 10.5 Å². The van der Waals surface area contributed by atoms with E-state index in [9.17, 15) is 13.2 Å². The second kappa shape index (κ2) is 8.95. The van der Waals surface area contributed by atoms with Gasteiger partial charge >= 0.3 is 0 Å². The second-order valence-corrected chi connectivity index (χ2v) is 9.89. The predicted octanol–water partition coefficient (Wildman–Crippen LogP) is 0.361. The number of hydrazine groups is 1. The first-order valence-electron chi connectivity index (χ1n) is 10.4. The Balaban J connectivity index is 1.54. The van der Waals surface area contributed by atoms with Gasteiger partial charge in [-0.25, -0.2) is 23.8 Å². The van der Waals surface area contributed by atoms with Gasteiger partial charge in [0.2, 0.25) is 15.9 Å². The van der Waals surface area contributed by atoms with Crippen molar-refractivity contribution in [1.29, 1.82) is 0 Å². The summed E-state index contributed by atoms with van der Waals surface area (Å²) >= 11 is 0. The molecular formula is C20H27N7O3S. The Morgan fingerprint density at radius 3 is 2.58 bits per heavy atom. The zero-order chi connectivity index (χ0) is 22.0. The van der Waals surface area contributed by atoms with Crippen LogP contribution in [-0.2, 0) is 14.8 Å². The molecule has 2 aromatic rings. The van der Waals surface area contributed by atoms with Crippen molar-refractivity contribution in [2.45, 2.75) is 37.1 Å². The fraction of sp³-hybridized carbons (Fsp3) is 0.500. The van der Waals surface area contributed by atoms with E-state index in [2.05, 4.69) is 25.8 Å². The molecule has 2 aromatic heterocycles. The van der Waals surface area contributed by atoms with Crippen LogP contribution in [0.25, 0.3) is 11.4 Å². The van der Waals surface area contributed by atoms with E-state index in [4.69, 9.17) is 0 Å². The Morgan fingerprint density at radius 1 is 1.19 bits per heavy atom. The summed E-state index contributed by atoms with van der Waals surface area (Å²) in [5.74, 6) is 0.352. The maximum atomic E-state index is 13.4. The Kier molecular flexibility index (Phi) is 6.28. The van der Waals surface area contributed by atoms with Crippen LogP contribution in [0.4, 0.5) is 0 Å². The SMILES string of the molecule is CC(C)c1nc(-c2cccnc2)ncc1S(=O)(=O)N1CCN(C(=O)C2CCNN2)CC1. The van der Waals surface area contributed by atoms with Crippen molar-refractivity contribution in [2.24, 2.45) is 0 Å². The standard InChI is InChI=1S/C20H27N7O3S/c1-14(2)18-17(13-22-19(24-18)15-4-3-6-21-12-15)31(29,30)27-10-8-26(9-11-27)20(28)16-5-7-23-25-16/h3-4,6,12-14,16,23,25H,5,7-11H2,1-2H3. The molecule has 4 rings (SSSR count). The third-order valence-corrected chi connectivity index (χ3v) is 7.47. The Morgan fingerprint density at radius 2 is 1.97 bits per heavy atom. The molecule has 0 saturated carbocycles. The normalized spacial score (nSPS) is 20.4. The van der Waals surface area contributed by atoms with Gasteiger partial charge in [0.1, 0.15) is 10.9 Å². The maximum absolute atomic E-state index is 13.4. The van der Waals surface area contributed by atoms with Gasteiger partial charge in [0.25, 0.3) is 0 Å². The van der Waals surface area contributed by atoms with Gasteiger partial charge < -0.3 is 4.90 Å². The van der Waals surface area contributed by atoms with Crippen LogP contribution in [0.1, 0.15) is 31.9 Å². The number of amides is 1. The van der Waals surface area contributed by atoms with Crippen molar-refractivity contribution in [1.82, 2.24) is 35.0 Å². The lowest BCUT2D eigenvalue weighted by atomic mass is 10.1. The van der Waals surface area contributed by atoms with Gasteiger partial charge in [0, 0.05) is 50.7 Å². The minimum absolute atomic E-state index is 0.00840. The fourth-order valence-corrected chi connectivity index (χ4v) is 5.46. The van der Waals surface area contributed by atoms with Gasteiger partial charge in [-0.15, -0.1) is 0 Å². The number of carbonyl (C=O) groups excluding carboxylic acids is 1. The lowest BCUT2D eigenvalue weighted by Gasteiger charge is -2.35. The molecule has 1 amide bonds. The highest BCUT2D eigenvalue weighted by Gasteiger charge is 2.35.